The molecule has 0 radical (unpaired) electrons. The van der Waals surface area contributed by atoms with E-state index < -0.39 is 48.1 Å². The summed E-state index contributed by atoms with van der Waals surface area (Å²) in [7, 11) is 0. The molecule has 1 saturated heterocycles. The Morgan fingerprint density at radius 3 is 2.23 bits per heavy atom. The Hall–Kier alpha value is -3.80. The number of imide groups is 1. The second kappa shape index (κ2) is 11.4. The molecule has 5 N–H and O–H groups in total. The van der Waals surface area contributed by atoms with E-state index in [1.165, 1.54) is 0 Å². The molecule has 31 heavy (non-hydrogen) atoms. The maximum absolute atomic E-state index is 12.6. The van der Waals surface area contributed by atoms with Crippen LogP contribution in [-0.2, 0) is 40.0 Å². The molecule has 0 unspecified atom stereocenters. The van der Waals surface area contributed by atoms with Crippen LogP contribution in [0.1, 0.15) is 18.4 Å². The topological polar surface area (TPSA) is 177 Å². The van der Waals surface area contributed by atoms with E-state index in [-0.39, 0.29) is 32.4 Å². The van der Waals surface area contributed by atoms with Gasteiger partial charge in [-0.25, -0.2) is 4.79 Å². The van der Waals surface area contributed by atoms with Gasteiger partial charge in [-0.2, -0.15) is 0 Å². The van der Waals surface area contributed by atoms with Gasteiger partial charge in [0.1, 0.15) is 12.6 Å². The van der Waals surface area contributed by atoms with Gasteiger partial charge in [-0.3, -0.25) is 24.0 Å². The van der Waals surface area contributed by atoms with Gasteiger partial charge in [-0.15, -0.1) is 5.06 Å². The van der Waals surface area contributed by atoms with E-state index in [0.29, 0.717) is 5.06 Å². The molecule has 0 saturated carbocycles. The largest absolute Gasteiger partial charge is 0.352 e. The highest BCUT2D eigenvalue weighted by Crippen LogP contribution is 2.11. The summed E-state index contributed by atoms with van der Waals surface area (Å²) in [5, 5.41) is 7.44. The van der Waals surface area contributed by atoms with Crippen molar-refractivity contribution in [3.63, 3.8) is 0 Å². The summed E-state index contributed by atoms with van der Waals surface area (Å²) >= 11 is 0. The second-order valence-electron chi connectivity index (χ2n) is 6.55. The fraction of sp³-hybridized carbons (Fsp3) is 0.368. The molecule has 0 aromatic heterocycles. The highest BCUT2D eigenvalue weighted by molar-refractivity contribution is 6.01. The predicted octanol–water partition coefficient (Wildman–Crippen LogP) is -2.49. The molecule has 1 atom stereocenters. The van der Waals surface area contributed by atoms with Crippen molar-refractivity contribution in [1.82, 2.24) is 21.0 Å². The molecule has 1 aliphatic rings. The van der Waals surface area contributed by atoms with Crippen molar-refractivity contribution in [2.45, 2.75) is 25.3 Å². The van der Waals surface area contributed by atoms with E-state index >= 15 is 0 Å². The Morgan fingerprint density at radius 1 is 0.968 bits per heavy atom. The van der Waals surface area contributed by atoms with Crippen LogP contribution in [0, 0.1) is 0 Å². The normalized spacial score (nSPS) is 14.0. The maximum atomic E-state index is 12.6. The van der Waals surface area contributed by atoms with Crippen molar-refractivity contribution in [3.8, 4) is 0 Å². The molecule has 1 fully saturated rings. The van der Waals surface area contributed by atoms with E-state index in [4.69, 9.17) is 5.73 Å². The quantitative estimate of drug-likeness (QED) is 0.293. The van der Waals surface area contributed by atoms with Gasteiger partial charge in [0.2, 0.25) is 17.7 Å². The van der Waals surface area contributed by atoms with Gasteiger partial charge < -0.3 is 26.5 Å². The molecular formula is C19H23N5O7. The Kier molecular flexibility index (Phi) is 8.64. The number of rotatable bonds is 10. The number of nitrogens with zero attached hydrogens (tertiary/aromatic N) is 1. The van der Waals surface area contributed by atoms with E-state index in [0.717, 1.165) is 5.56 Å². The van der Waals surface area contributed by atoms with Crippen LogP contribution in [0.25, 0.3) is 0 Å². The summed E-state index contributed by atoms with van der Waals surface area (Å²) in [5.41, 5.74) is 5.90. The highest BCUT2D eigenvalue weighted by Gasteiger charge is 2.33. The highest BCUT2D eigenvalue weighted by atomic mass is 16.7. The van der Waals surface area contributed by atoms with Crippen molar-refractivity contribution in [3.05, 3.63) is 35.9 Å². The van der Waals surface area contributed by atoms with Crippen LogP contribution in [0.3, 0.4) is 0 Å². The number of nitrogens with two attached hydrogens (primary N) is 1. The molecular weight excluding hydrogens is 410 g/mol. The van der Waals surface area contributed by atoms with Crippen LogP contribution < -0.4 is 21.7 Å². The van der Waals surface area contributed by atoms with Crippen molar-refractivity contribution in [1.29, 1.82) is 0 Å². The Balaban J connectivity index is 1.94. The van der Waals surface area contributed by atoms with Crippen LogP contribution in [0.5, 0.6) is 0 Å². The molecule has 0 aliphatic carbocycles. The van der Waals surface area contributed by atoms with Crippen molar-refractivity contribution >= 4 is 35.5 Å². The van der Waals surface area contributed by atoms with Crippen LogP contribution in [0.4, 0.5) is 0 Å². The fourth-order valence-electron chi connectivity index (χ4n) is 2.63. The zero-order valence-corrected chi connectivity index (χ0v) is 16.6. The first-order chi connectivity index (χ1) is 14.8. The molecule has 0 bridgehead atoms. The number of nitrogens with one attached hydrogen (secondary N) is 3. The molecule has 0 spiro atoms. The van der Waals surface area contributed by atoms with E-state index in [1.807, 2.05) is 0 Å². The minimum atomic E-state index is -1.06. The summed E-state index contributed by atoms with van der Waals surface area (Å²) in [6.45, 7) is -1.29. The number of hydrogen-bond acceptors (Lipinski definition) is 8. The Morgan fingerprint density at radius 2 is 1.61 bits per heavy atom. The number of carbonyl (C=O) groups excluding carboxylic acids is 6. The van der Waals surface area contributed by atoms with Gasteiger partial charge in [-0.1, -0.05) is 30.3 Å². The fourth-order valence-corrected chi connectivity index (χ4v) is 2.63. The number of hydroxylamine groups is 2. The molecule has 1 aromatic carbocycles. The molecule has 12 nitrogen and oxygen atoms in total. The molecule has 1 aliphatic heterocycles. The molecule has 5 amide bonds. The second-order valence-corrected chi connectivity index (χ2v) is 6.55. The summed E-state index contributed by atoms with van der Waals surface area (Å²) in [6.07, 6.45) is 0.0100. The number of carbonyl (C=O) groups is 6. The van der Waals surface area contributed by atoms with E-state index in [9.17, 15) is 28.8 Å². The average Bonchev–Trinajstić information content (AvgIpc) is 3.08. The third-order valence-corrected chi connectivity index (χ3v) is 4.17. The Labute approximate surface area is 177 Å². The van der Waals surface area contributed by atoms with Crippen molar-refractivity contribution < 1.29 is 33.6 Å². The zero-order valence-electron chi connectivity index (χ0n) is 16.6. The van der Waals surface area contributed by atoms with Gasteiger partial charge >= 0.3 is 5.97 Å². The van der Waals surface area contributed by atoms with Crippen molar-refractivity contribution in [2.24, 2.45) is 5.73 Å². The number of hydrogen-bond donors (Lipinski definition) is 4. The third kappa shape index (κ3) is 7.51. The minimum Gasteiger partial charge on any atom is -0.346 e. The van der Waals surface area contributed by atoms with Gasteiger partial charge in [0, 0.05) is 19.3 Å². The number of amides is 5. The lowest BCUT2D eigenvalue weighted by Gasteiger charge is -2.19. The first-order valence-corrected chi connectivity index (χ1v) is 9.44. The van der Waals surface area contributed by atoms with E-state index in [1.54, 1.807) is 30.3 Å². The molecule has 1 aromatic rings. The monoisotopic (exact) mass is 433 g/mol. The Bertz CT molecular complexity index is 842. The van der Waals surface area contributed by atoms with Crippen LogP contribution >= 0.6 is 0 Å². The lowest BCUT2D eigenvalue weighted by Crippen LogP contribution is -2.52. The minimum absolute atomic E-state index is 0.0512. The zero-order chi connectivity index (χ0) is 22.8. The maximum Gasteiger partial charge on any atom is 0.352 e. The van der Waals surface area contributed by atoms with Gasteiger partial charge in [0.15, 0.2) is 0 Å². The van der Waals surface area contributed by atoms with Gasteiger partial charge in [0.05, 0.1) is 13.1 Å². The van der Waals surface area contributed by atoms with Crippen LogP contribution in [0.2, 0.25) is 0 Å². The van der Waals surface area contributed by atoms with E-state index in [2.05, 4.69) is 20.8 Å². The molecule has 1 heterocycles. The molecule has 2 rings (SSSR count). The van der Waals surface area contributed by atoms with Crippen LogP contribution in [-0.4, -0.2) is 66.2 Å². The first kappa shape index (κ1) is 23.5. The van der Waals surface area contributed by atoms with Crippen molar-refractivity contribution in [2.75, 3.05) is 19.6 Å². The summed E-state index contributed by atoms with van der Waals surface area (Å²) < 4.78 is 0. The smallest absolute Gasteiger partial charge is 0.346 e. The summed E-state index contributed by atoms with van der Waals surface area (Å²) in [5.74, 6) is -4.16. The lowest BCUT2D eigenvalue weighted by atomic mass is 10.1. The summed E-state index contributed by atoms with van der Waals surface area (Å²) in [6, 6.07) is 7.75. The summed E-state index contributed by atoms with van der Waals surface area (Å²) in [4.78, 5) is 75.4. The third-order valence-electron chi connectivity index (χ3n) is 4.17. The average molecular weight is 433 g/mol. The molecule has 166 valence electrons. The number of benzene rings is 1. The predicted molar refractivity (Wildman–Crippen MR) is 104 cm³/mol. The van der Waals surface area contributed by atoms with Gasteiger partial charge in [0.25, 0.3) is 11.8 Å². The van der Waals surface area contributed by atoms with Gasteiger partial charge in [-0.05, 0) is 5.56 Å². The lowest BCUT2D eigenvalue weighted by molar-refractivity contribution is -0.196. The molecule has 12 heteroatoms. The SMILES string of the molecule is NCC(=O)NCC(=O)N[C@@H](Cc1ccccc1)C(=O)NCC(=O)ON1C(=O)CCC1=O. The standard InChI is InChI=1S/C19H23N5O7/c20-9-14(25)21-10-15(26)23-13(8-12-4-2-1-3-5-12)19(30)22-11-18(29)31-24-16(27)6-7-17(24)28/h1-5,13H,6-11,20H2,(H,21,25)(H,22,30)(H,23,26)/t13-/m0/s1. The first-order valence-electron chi connectivity index (χ1n) is 9.44. The van der Waals surface area contributed by atoms with Crippen LogP contribution in [0.15, 0.2) is 30.3 Å².